The number of carboxylic acid groups (broad SMARTS) is 5. The Morgan fingerprint density at radius 3 is 1.91 bits per heavy atom. The molecule has 0 aliphatic heterocycles. The molecule has 0 atom stereocenters. The van der Waals surface area contributed by atoms with E-state index in [1.54, 1.807) is 19.1 Å². The van der Waals surface area contributed by atoms with Crippen molar-refractivity contribution in [3.8, 4) is 23.1 Å². The molecule has 0 bridgehead atoms. The van der Waals surface area contributed by atoms with Gasteiger partial charge in [0.15, 0.2) is 5.76 Å². The zero-order valence-corrected chi connectivity index (χ0v) is 24.0. The van der Waals surface area contributed by atoms with Gasteiger partial charge in [-0.25, -0.2) is 9.78 Å². The lowest BCUT2D eigenvalue weighted by molar-refractivity contribution is -0.138. The van der Waals surface area contributed by atoms with E-state index >= 15 is 0 Å². The van der Waals surface area contributed by atoms with Crippen LogP contribution in [0, 0.1) is 6.92 Å². The van der Waals surface area contributed by atoms with Crippen molar-refractivity contribution in [2.24, 2.45) is 0 Å². The maximum atomic E-state index is 11.6. The van der Waals surface area contributed by atoms with Crippen LogP contribution in [-0.2, 0) is 19.2 Å². The van der Waals surface area contributed by atoms with Crippen molar-refractivity contribution >= 4 is 52.2 Å². The molecule has 0 aliphatic carbocycles. The molecule has 5 N–H and O–H groups in total. The van der Waals surface area contributed by atoms with E-state index in [0.717, 1.165) is 16.0 Å². The first kappa shape index (κ1) is 32.6. The van der Waals surface area contributed by atoms with Gasteiger partial charge in [-0.2, -0.15) is 0 Å². The Morgan fingerprint density at radius 2 is 1.35 bits per heavy atom. The molecule has 4 aromatic rings. The molecule has 0 aliphatic rings. The van der Waals surface area contributed by atoms with Gasteiger partial charge in [0.05, 0.1) is 17.6 Å². The smallest absolute Gasteiger partial charge is 0.373 e. The van der Waals surface area contributed by atoms with Gasteiger partial charge in [0, 0.05) is 11.5 Å². The standard InChI is InChI=1S/C29H27N3O14/c1-15-3-2-4-18(27(15)32(13-25(37)38)14-26(39)40)43-5-6-44-20-7-16-8-21(28-30-10-22(46-28)29(41)42)45-19(16)9-17(20)31(11-23(33)34)12-24(35)36/h2-4,7-10H,5-6,11-14H2,1H3,(H,33,34)(H,35,36)(H,37,38)(H,39,40)(H,41,42). The summed E-state index contributed by atoms with van der Waals surface area (Å²) < 4.78 is 22.7. The van der Waals surface area contributed by atoms with Crippen LogP contribution in [0.15, 0.2) is 51.4 Å². The minimum atomic E-state index is -1.35. The van der Waals surface area contributed by atoms with Gasteiger partial charge in [-0.15, -0.1) is 0 Å². The van der Waals surface area contributed by atoms with Crippen molar-refractivity contribution < 1.29 is 67.8 Å². The lowest BCUT2D eigenvalue weighted by Gasteiger charge is -2.26. The summed E-state index contributed by atoms with van der Waals surface area (Å²) in [6, 6.07) is 9.11. The number of aliphatic carboxylic acids is 4. The van der Waals surface area contributed by atoms with E-state index in [4.69, 9.17) is 23.4 Å². The Morgan fingerprint density at radius 1 is 0.761 bits per heavy atom. The number of hydrogen-bond donors (Lipinski definition) is 5. The lowest BCUT2D eigenvalue weighted by atomic mass is 10.1. The van der Waals surface area contributed by atoms with Crippen LogP contribution >= 0.6 is 0 Å². The molecular formula is C29H27N3O14. The number of aryl methyl sites for hydroxylation is 1. The minimum Gasteiger partial charge on any atom is -0.488 e. The number of aromatic nitrogens is 1. The average Bonchev–Trinajstić information content (AvgIpc) is 3.61. The van der Waals surface area contributed by atoms with Crippen molar-refractivity contribution in [2.45, 2.75) is 6.92 Å². The quantitative estimate of drug-likeness (QED) is 0.104. The molecule has 0 unspecified atom stereocenters. The first-order valence-electron chi connectivity index (χ1n) is 13.3. The Balaban J connectivity index is 1.63. The number of rotatable bonds is 17. The lowest BCUT2D eigenvalue weighted by Crippen LogP contribution is -2.35. The van der Waals surface area contributed by atoms with E-state index in [1.165, 1.54) is 24.3 Å². The topological polar surface area (TPSA) is 251 Å². The highest BCUT2D eigenvalue weighted by Crippen LogP contribution is 2.37. The number of ether oxygens (including phenoxy) is 2. The number of hydrogen-bond acceptors (Lipinski definition) is 12. The Bertz CT molecular complexity index is 1760. The van der Waals surface area contributed by atoms with Crippen molar-refractivity contribution in [1.82, 2.24) is 4.98 Å². The van der Waals surface area contributed by atoms with E-state index in [2.05, 4.69) is 4.98 Å². The first-order chi connectivity index (χ1) is 21.8. The predicted molar refractivity (Wildman–Crippen MR) is 156 cm³/mol. The third kappa shape index (κ3) is 8.01. The van der Waals surface area contributed by atoms with Gasteiger partial charge < -0.3 is 53.6 Å². The van der Waals surface area contributed by atoms with Gasteiger partial charge in [-0.3, -0.25) is 19.2 Å². The number of oxazole rings is 1. The van der Waals surface area contributed by atoms with Gasteiger partial charge in [-0.1, -0.05) is 12.1 Å². The first-order valence-corrected chi connectivity index (χ1v) is 13.3. The second-order valence-electron chi connectivity index (χ2n) is 9.71. The van der Waals surface area contributed by atoms with Crippen LogP contribution in [0.3, 0.4) is 0 Å². The van der Waals surface area contributed by atoms with Crippen LogP contribution in [0.4, 0.5) is 11.4 Å². The Hall–Kier alpha value is -6.26. The van der Waals surface area contributed by atoms with Gasteiger partial charge in [0.2, 0.25) is 5.76 Å². The van der Waals surface area contributed by atoms with Crippen LogP contribution in [0.5, 0.6) is 11.5 Å². The normalized spacial score (nSPS) is 10.8. The SMILES string of the molecule is Cc1cccc(OCCOc2cc3cc(-c4ncc(C(=O)O)o4)oc3cc2N(CC(=O)O)CC(=O)O)c1N(CC(=O)O)CC(=O)O. The van der Waals surface area contributed by atoms with Gasteiger partial charge >= 0.3 is 29.8 Å². The fourth-order valence-corrected chi connectivity index (χ4v) is 4.56. The zero-order chi connectivity index (χ0) is 33.5. The van der Waals surface area contributed by atoms with Crippen LogP contribution in [0.2, 0.25) is 0 Å². The number of carboxylic acids is 5. The summed E-state index contributed by atoms with van der Waals surface area (Å²) >= 11 is 0. The highest BCUT2D eigenvalue weighted by atomic mass is 16.5. The maximum Gasteiger partial charge on any atom is 0.373 e. The summed E-state index contributed by atoms with van der Waals surface area (Å²) in [6.07, 6.45) is 0.995. The van der Waals surface area contributed by atoms with Crippen LogP contribution in [0.1, 0.15) is 16.1 Å². The third-order valence-corrected chi connectivity index (χ3v) is 6.29. The summed E-state index contributed by atoms with van der Waals surface area (Å²) in [5.41, 5.74) is 1.02. The van der Waals surface area contributed by atoms with E-state index in [-0.39, 0.29) is 53.3 Å². The molecule has 242 valence electrons. The van der Waals surface area contributed by atoms with Gasteiger partial charge in [0.1, 0.15) is 56.5 Å². The van der Waals surface area contributed by atoms with Gasteiger partial charge in [-0.05, 0) is 30.7 Å². The Kier molecular flexibility index (Phi) is 9.95. The van der Waals surface area contributed by atoms with E-state index in [0.29, 0.717) is 10.9 Å². The average molecular weight is 642 g/mol. The predicted octanol–water partition coefficient (Wildman–Crippen LogP) is 2.50. The monoisotopic (exact) mass is 641 g/mol. The molecule has 0 radical (unpaired) electrons. The highest BCUT2D eigenvalue weighted by molar-refractivity contribution is 5.90. The number of fused-ring (bicyclic) bond motifs is 1. The fourth-order valence-electron chi connectivity index (χ4n) is 4.56. The second kappa shape index (κ2) is 14.0. The summed E-state index contributed by atoms with van der Waals surface area (Å²) in [6.45, 7) is -1.29. The summed E-state index contributed by atoms with van der Waals surface area (Å²) in [7, 11) is 0. The number of para-hydroxylation sites is 1. The highest BCUT2D eigenvalue weighted by Gasteiger charge is 2.23. The maximum absolute atomic E-state index is 11.6. The van der Waals surface area contributed by atoms with E-state index < -0.39 is 61.8 Å². The number of carbonyl (C=O) groups is 5. The fraction of sp³-hybridized carbons (Fsp3) is 0.241. The molecule has 2 aromatic carbocycles. The number of aromatic carboxylic acids is 1. The molecule has 0 spiro atoms. The molecule has 0 fully saturated rings. The van der Waals surface area contributed by atoms with Crippen molar-refractivity contribution in [2.75, 3.05) is 49.2 Å². The van der Waals surface area contributed by atoms with E-state index in [1.807, 2.05) is 0 Å². The van der Waals surface area contributed by atoms with E-state index in [9.17, 15) is 44.4 Å². The van der Waals surface area contributed by atoms with Crippen LogP contribution in [-0.4, -0.2) is 99.8 Å². The second-order valence-corrected chi connectivity index (χ2v) is 9.71. The molecule has 2 aromatic heterocycles. The molecule has 2 heterocycles. The summed E-state index contributed by atoms with van der Waals surface area (Å²) in [5.74, 6) is -6.79. The molecule has 46 heavy (non-hydrogen) atoms. The number of benzene rings is 2. The van der Waals surface area contributed by atoms with Crippen molar-refractivity contribution in [3.05, 3.63) is 53.9 Å². The van der Waals surface area contributed by atoms with Crippen molar-refractivity contribution in [3.63, 3.8) is 0 Å². The molecule has 17 nitrogen and oxygen atoms in total. The molecule has 0 amide bonds. The van der Waals surface area contributed by atoms with Crippen LogP contribution in [0.25, 0.3) is 22.6 Å². The van der Waals surface area contributed by atoms with Crippen LogP contribution < -0.4 is 19.3 Å². The molecular weight excluding hydrogens is 614 g/mol. The number of anilines is 2. The Labute approximate surface area is 258 Å². The molecule has 17 heteroatoms. The summed E-state index contributed by atoms with van der Waals surface area (Å²) in [4.78, 5) is 63.2. The van der Waals surface area contributed by atoms with Crippen molar-refractivity contribution in [1.29, 1.82) is 0 Å². The molecule has 4 rings (SSSR count). The largest absolute Gasteiger partial charge is 0.488 e. The third-order valence-electron chi connectivity index (χ3n) is 6.29. The summed E-state index contributed by atoms with van der Waals surface area (Å²) in [5, 5.41) is 47.0. The number of furan rings is 1. The molecule has 0 saturated carbocycles. The number of nitrogens with zero attached hydrogens (tertiary/aromatic N) is 3. The van der Waals surface area contributed by atoms with Gasteiger partial charge in [0.25, 0.3) is 5.89 Å². The molecule has 0 saturated heterocycles. The minimum absolute atomic E-state index is 0.0382. The zero-order valence-electron chi connectivity index (χ0n) is 24.0.